The van der Waals surface area contributed by atoms with Gasteiger partial charge in [-0.2, -0.15) is 0 Å². The molecule has 1 amide bonds. The quantitative estimate of drug-likeness (QED) is 0.331. The fraction of sp³-hybridized carbons (Fsp3) is 0.286. The van der Waals surface area contributed by atoms with Gasteiger partial charge in [-0.15, -0.1) is 0 Å². The predicted octanol–water partition coefficient (Wildman–Crippen LogP) is 5.48. The second-order valence-electron chi connectivity index (χ2n) is 8.41. The molecule has 0 bridgehead atoms. The third-order valence-corrected chi connectivity index (χ3v) is 5.69. The Morgan fingerprint density at radius 1 is 0.939 bits per heavy atom. The van der Waals surface area contributed by atoms with E-state index < -0.39 is 0 Å². The Kier molecular flexibility index (Phi) is 7.40. The maximum atomic E-state index is 12.3. The van der Waals surface area contributed by atoms with Gasteiger partial charge >= 0.3 is 0 Å². The summed E-state index contributed by atoms with van der Waals surface area (Å²) in [5.41, 5.74) is 5.20. The van der Waals surface area contributed by atoms with Crippen LogP contribution in [0.3, 0.4) is 0 Å². The lowest BCUT2D eigenvalue weighted by molar-refractivity contribution is 0.0953. The zero-order chi connectivity index (χ0) is 23.0. The third-order valence-electron chi connectivity index (χ3n) is 5.69. The average molecular weight is 442 g/mol. The largest absolute Gasteiger partial charge is 0.494 e. The number of hydrogen-bond acceptors (Lipinski definition) is 3. The fourth-order valence-corrected chi connectivity index (χ4v) is 3.94. The van der Waals surface area contributed by atoms with Crippen molar-refractivity contribution in [2.24, 2.45) is 0 Å². The SMILES string of the molecule is Cc1ccc(C(=O)NCCCc2nc3ccccc3n2CCCOc2cccc(C)c2)cc1. The van der Waals surface area contributed by atoms with Crippen LogP contribution < -0.4 is 10.1 Å². The van der Waals surface area contributed by atoms with Gasteiger partial charge in [0.15, 0.2) is 0 Å². The van der Waals surface area contributed by atoms with Gasteiger partial charge in [0, 0.05) is 25.1 Å². The average Bonchev–Trinajstić information content (AvgIpc) is 3.17. The van der Waals surface area contributed by atoms with Crippen molar-refractivity contribution in [3.63, 3.8) is 0 Å². The maximum absolute atomic E-state index is 12.3. The minimum Gasteiger partial charge on any atom is -0.494 e. The van der Waals surface area contributed by atoms with Crippen molar-refractivity contribution < 1.29 is 9.53 Å². The molecule has 1 N–H and O–H groups in total. The van der Waals surface area contributed by atoms with Gasteiger partial charge in [-0.3, -0.25) is 4.79 Å². The van der Waals surface area contributed by atoms with Crippen LogP contribution in [0.1, 0.15) is 40.2 Å². The van der Waals surface area contributed by atoms with Crippen molar-refractivity contribution in [1.82, 2.24) is 14.9 Å². The van der Waals surface area contributed by atoms with Crippen LogP contribution in [0.5, 0.6) is 5.75 Å². The Hall–Kier alpha value is -3.60. The summed E-state index contributed by atoms with van der Waals surface area (Å²) in [5.74, 6) is 1.93. The molecule has 5 nitrogen and oxygen atoms in total. The lowest BCUT2D eigenvalue weighted by atomic mass is 10.1. The summed E-state index contributed by atoms with van der Waals surface area (Å²) in [4.78, 5) is 17.2. The smallest absolute Gasteiger partial charge is 0.251 e. The highest BCUT2D eigenvalue weighted by Crippen LogP contribution is 2.18. The second-order valence-corrected chi connectivity index (χ2v) is 8.41. The molecule has 0 aliphatic heterocycles. The van der Waals surface area contributed by atoms with Crippen molar-refractivity contribution >= 4 is 16.9 Å². The van der Waals surface area contributed by atoms with Crippen LogP contribution in [0.2, 0.25) is 0 Å². The lowest BCUT2D eigenvalue weighted by Gasteiger charge is -2.11. The number of aromatic nitrogens is 2. The highest BCUT2D eigenvalue weighted by molar-refractivity contribution is 5.94. The Balaban J connectivity index is 1.32. The first-order valence-corrected chi connectivity index (χ1v) is 11.6. The summed E-state index contributed by atoms with van der Waals surface area (Å²) in [7, 11) is 0. The highest BCUT2D eigenvalue weighted by Gasteiger charge is 2.11. The molecule has 33 heavy (non-hydrogen) atoms. The minimum absolute atomic E-state index is 0.0307. The Morgan fingerprint density at radius 2 is 1.76 bits per heavy atom. The number of para-hydroxylation sites is 2. The minimum atomic E-state index is -0.0307. The van der Waals surface area contributed by atoms with E-state index in [4.69, 9.17) is 9.72 Å². The second kappa shape index (κ2) is 10.8. The standard InChI is InChI=1S/C28H31N3O2/c1-21-13-15-23(16-14-21)28(32)29-17-6-12-27-30-25-10-3-4-11-26(25)31(27)18-7-19-33-24-9-5-8-22(2)20-24/h3-5,8-11,13-16,20H,6-7,12,17-19H2,1-2H3,(H,29,32). The Morgan fingerprint density at radius 3 is 2.58 bits per heavy atom. The Bertz CT molecular complexity index is 1210. The van der Waals surface area contributed by atoms with Gasteiger partial charge in [-0.25, -0.2) is 4.98 Å². The van der Waals surface area contributed by atoms with E-state index in [1.54, 1.807) is 0 Å². The lowest BCUT2D eigenvalue weighted by Crippen LogP contribution is -2.25. The van der Waals surface area contributed by atoms with E-state index in [1.165, 1.54) is 5.56 Å². The van der Waals surface area contributed by atoms with Crippen LogP contribution in [-0.4, -0.2) is 28.6 Å². The van der Waals surface area contributed by atoms with Crippen LogP contribution in [0, 0.1) is 13.8 Å². The number of fused-ring (bicyclic) bond motifs is 1. The van der Waals surface area contributed by atoms with Gasteiger partial charge in [-0.05, 0) is 68.7 Å². The molecule has 0 atom stereocenters. The number of carbonyl (C=O) groups is 1. The molecule has 0 radical (unpaired) electrons. The van der Waals surface area contributed by atoms with E-state index in [2.05, 4.69) is 47.1 Å². The number of amides is 1. The van der Waals surface area contributed by atoms with Gasteiger partial charge < -0.3 is 14.6 Å². The maximum Gasteiger partial charge on any atom is 0.251 e. The molecule has 5 heteroatoms. The van der Waals surface area contributed by atoms with Crippen LogP contribution in [-0.2, 0) is 13.0 Å². The van der Waals surface area contributed by atoms with Crippen molar-refractivity contribution in [3.05, 3.63) is 95.3 Å². The molecule has 170 valence electrons. The van der Waals surface area contributed by atoms with Crippen LogP contribution in [0.15, 0.2) is 72.8 Å². The monoisotopic (exact) mass is 441 g/mol. The molecule has 3 aromatic carbocycles. The van der Waals surface area contributed by atoms with Crippen LogP contribution in [0.4, 0.5) is 0 Å². The molecule has 0 spiro atoms. The molecule has 0 saturated heterocycles. The summed E-state index contributed by atoms with van der Waals surface area (Å²) < 4.78 is 8.22. The first-order chi connectivity index (χ1) is 16.1. The summed E-state index contributed by atoms with van der Waals surface area (Å²) in [6.07, 6.45) is 2.54. The molecule has 4 aromatic rings. The van der Waals surface area contributed by atoms with Crippen LogP contribution in [0.25, 0.3) is 11.0 Å². The van der Waals surface area contributed by atoms with Crippen molar-refractivity contribution in [1.29, 1.82) is 0 Å². The number of carbonyl (C=O) groups excluding carboxylic acids is 1. The molecule has 1 heterocycles. The number of aryl methyl sites for hydroxylation is 4. The summed E-state index contributed by atoms with van der Waals surface area (Å²) >= 11 is 0. The number of ether oxygens (including phenoxy) is 1. The number of imidazole rings is 1. The van der Waals surface area contributed by atoms with E-state index in [9.17, 15) is 4.79 Å². The zero-order valence-electron chi connectivity index (χ0n) is 19.4. The van der Waals surface area contributed by atoms with E-state index >= 15 is 0 Å². The molecule has 0 unspecified atom stereocenters. The third kappa shape index (κ3) is 6.01. The van der Waals surface area contributed by atoms with Crippen molar-refractivity contribution in [2.75, 3.05) is 13.2 Å². The molecular formula is C28H31N3O2. The summed E-state index contributed by atoms with van der Waals surface area (Å²) in [5, 5.41) is 3.02. The van der Waals surface area contributed by atoms with Gasteiger partial charge in [0.25, 0.3) is 5.91 Å². The zero-order valence-corrected chi connectivity index (χ0v) is 19.4. The fourth-order valence-electron chi connectivity index (χ4n) is 3.94. The van der Waals surface area contributed by atoms with Crippen molar-refractivity contribution in [3.8, 4) is 5.75 Å². The molecule has 0 saturated carbocycles. The molecule has 0 aliphatic rings. The van der Waals surface area contributed by atoms with Crippen molar-refractivity contribution in [2.45, 2.75) is 39.7 Å². The first kappa shape index (κ1) is 22.6. The number of nitrogens with zero attached hydrogens (tertiary/aromatic N) is 2. The predicted molar refractivity (Wildman–Crippen MR) is 133 cm³/mol. The topological polar surface area (TPSA) is 56.2 Å². The van der Waals surface area contributed by atoms with E-state index in [-0.39, 0.29) is 5.91 Å². The molecule has 0 aliphatic carbocycles. The summed E-state index contributed by atoms with van der Waals surface area (Å²) in [6.45, 7) is 6.20. The van der Waals surface area contributed by atoms with Gasteiger partial charge in [0.05, 0.1) is 17.6 Å². The summed E-state index contributed by atoms with van der Waals surface area (Å²) in [6, 6.07) is 24.0. The highest BCUT2D eigenvalue weighted by atomic mass is 16.5. The number of hydrogen-bond donors (Lipinski definition) is 1. The number of benzene rings is 3. The molecule has 1 aromatic heterocycles. The van der Waals surface area contributed by atoms with Gasteiger partial charge in [-0.1, -0.05) is 42.0 Å². The molecule has 0 fully saturated rings. The Labute approximate surface area is 195 Å². The first-order valence-electron chi connectivity index (χ1n) is 11.6. The van der Waals surface area contributed by atoms with E-state index in [1.807, 2.05) is 49.4 Å². The molecule has 4 rings (SSSR count). The molecular weight excluding hydrogens is 410 g/mol. The van der Waals surface area contributed by atoms with Gasteiger partial charge in [0.2, 0.25) is 0 Å². The normalized spacial score (nSPS) is 11.0. The van der Waals surface area contributed by atoms with Gasteiger partial charge in [0.1, 0.15) is 11.6 Å². The van der Waals surface area contributed by atoms with E-state index in [0.717, 1.165) is 54.0 Å². The number of nitrogens with one attached hydrogen (secondary N) is 1. The van der Waals surface area contributed by atoms with E-state index in [0.29, 0.717) is 18.7 Å². The van der Waals surface area contributed by atoms with Crippen LogP contribution >= 0.6 is 0 Å². The number of rotatable bonds is 10.